The van der Waals surface area contributed by atoms with Gasteiger partial charge in [-0.05, 0) is 69.5 Å². The van der Waals surface area contributed by atoms with Gasteiger partial charge in [-0.25, -0.2) is 0 Å². The molecule has 0 spiro atoms. The van der Waals surface area contributed by atoms with Crippen LogP contribution in [0.2, 0.25) is 0 Å². The van der Waals surface area contributed by atoms with Crippen LogP contribution < -0.4 is 0 Å². The van der Waals surface area contributed by atoms with E-state index in [1.54, 1.807) is 6.07 Å². The van der Waals surface area contributed by atoms with Crippen molar-refractivity contribution in [1.82, 2.24) is 19.6 Å². The number of carbonyl (C=O) groups excluding carboxylic acids is 1. The van der Waals surface area contributed by atoms with E-state index in [9.17, 15) is 9.90 Å². The van der Waals surface area contributed by atoms with Gasteiger partial charge >= 0.3 is 0 Å². The van der Waals surface area contributed by atoms with Gasteiger partial charge in [-0.2, -0.15) is 5.10 Å². The molecule has 4 aliphatic rings. The number of aryl methyl sites for hydroxylation is 2. The number of amides is 1. The monoisotopic (exact) mass is 380 g/mol. The lowest BCUT2D eigenvalue weighted by Gasteiger charge is -2.51. The standard InChI is InChI=1S/C22H28N4O2/c1-3-26-19(11-14(2)23-26)22(28)25-13-18(16-5-4-6-17(27)12-16)21-20(25)15-7-9-24(21)10-8-15/h4-6,11-12,15,18,20-21,27H,3,7-10,13H2,1-2H3/t18-,20+,21+/m1/s1. The molecule has 0 saturated carbocycles. The molecule has 0 radical (unpaired) electrons. The van der Waals surface area contributed by atoms with Crippen molar-refractivity contribution < 1.29 is 9.90 Å². The third-order valence-electron chi connectivity index (χ3n) is 6.97. The lowest BCUT2D eigenvalue weighted by Crippen LogP contribution is -2.60. The van der Waals surface area contributed by atoms with Crippen LogP contribution in [0.15, 0.2) is 30.3 Å². The van der Waals surface area contributed by atoms with Gasteiger partial charge < -0.3 is 10.0 Å². The van der Waals surface area contributed by atoms with Crippen LogP contribution in [-0.2, 0) is 6.54 Å². The number of hydrogen-bond acceptors (Lipinski definition) is 4. The van der Waals surface area contributed by atoms with E-state index in [1.165, 1.54) is 12.8 Å². The minimum Gasteiger partial charge on any atom is -0.508 e. The number of aromatic nitrogens is 2. The largest absolute Gasteiger partial charge is 0.508 e. The van der Waals surface area contributed by atoms with Gasteiger partial charge in [0.15, 0.2) is 0 Å². The Morgan fingerprint density at radius 3 is 2.71 bits per heavy atom. The second-order valence-corrected chi connectivity index (χ2v) is 8.50. The molecule has 148 valence electrons. The molecule has 4 fully saturated rings. The highest BCUT2D eigenvalue weighted by atomic mass is 16.3. The zero-order valence-electron chi connectivity index (χ0n) is 16.6. The zero-order valence-corrected chi connectivity index (χ0v) is 16.6. The molecule has 2 bridgehead atoms. The summed E-state index contributed by atoms with van der Waals surface area (Å²) in [6, 6.07) is 10.1. The Morgan fingerprint density at radius 1 is 1.21 bits per heavy atom. The molecule has 6 heteroatoms. The first-order valence-corrected chi connectivity index (χ1v) is 10.4. The Balaban J connectivity index is 1.54. The molecule has 0 unspecified atom stereocenters. The molecule has 1 aromatic heterocycles. The van der Waals surface area contributed by atoms with Gasteiger partial charge in [0.2, 0.25) is 0 Å². The molecule has 5 heterocycles. The second-order valence-electron chi connectivity index (χ2n) is 8.50. The van der Waals surface area contributed by atoms with E-state index in [0.717, 1.165) is 24.3 Å². The van der Waals surface area contributed by atoms with Gasteiger partial charge in [0.25, 0.3) is 5.91 Å². The van der Waals surface area contributed by atoms with Crippen LogP contribution in [0.3, 0.4) is 0 Å². The Kier molecular flexibility index (Phi) is 4.19. The van der Waals surface area contributed by atoms with Crippen LogP contribution in [0.1, 0.15) is 47.4 Å². The Bertz CT molecular complexity index is 900. The maximum absolute atomic E-state index is 13.6. The number of nitrogens with zero attached hydrogens (tertiary/aromatic N) is 4. The van der Waals surface area contributed by atoms with Crippen LogP contribution in [0.4, 0.5) is 0 Å². The fourth-order valence-electron chi connectivity index (χ4n) is 5.81. The number of fused-ring (bicyclic) bond motifs is 2. The number of piperidine rings is 3. The van der Waals surface area contributed by atoms with Gasteiger partial charge in [-0.3, -0.25) is 14.4 Å². The summed E-state index contributed by atoms with van der Waals surface area (Å²) < 4.78 is 1.83. The molecule has 28 heavy (non-hydrogen) atoms. The van der Waals surface area contributed by atoms with E-state index < -0.39 is 0 Å². The number of benzene rings is 1. The third-order valence-corrected chi connectivity index (χ3v) is 6.97. The highest BCUT2D eigenvalue weighted by Gasteiger charge is 2.55. The van der Waals surface area contributed by atoms with Crippen LogP contribution in [-0.4, -0.2) is 62.3 Å². The van der Waals surface area contributed by atoms with Crippen LogP contribution >= 0.6 is 0 Å². The SMILES string of the molecule is CCn1nc(C)cc1C(=O)N1C[C@H](c2cccc(O)c2)[C@H]2[C@@H]1C1CCN2CC1. The van der Waals surface area contributed by atoms with Gasteiger partial charge in [-0.1, -0.05) is 12.1 Å². The minimum absolute atomic E-state index is 0.105. The van der Waals surface area contributed by atoms with Gasteiger partial charge in [0.1, 0.15) is 11.4 Å². The number of carbonyl (C=O) groups is 1. The summed E-state index contributed by atoms with van der Waals surface area (Å²) in [5.41, 5.74) is 2.73. The van der Waals surface area contributed by atoms with Crippen molar-refractivity contribution in [2.75, 3.05) is 19.6 Å². The molecular formula is C22H28N4O2. The quantitative estimate of drug-likeness (QED) is 0.889. The second kappa shape index (κ2) is 6.62. The van der Waals surface area contributed by atoms with E-state index in [-0.39, 0.29) is 17.9 Å². The lowest BCUT2D eigenvalue weighted by molar-refractivity contribution is -0.00376. The van der Waals surface area contributed by atoms with Crippen molar-refractivity contribution in [3.63, 3.8) is 0 Å². The molecule has 4 saturated heterocycles. The number of likely N-dealkylation sites (tertiary alicyclic amines) is 1. The lowest BCUT2D eigenvalue weighted by atomic mass is 9.75. The van der Waals surface area contributed by atoms with E-state index >= 15 is 0 Å². The van der Waals surface area contributed by atoms with Crippen molar-refractivity contribution in [1.29, 1.82) is 0 Å². The first-order valence-electron chi connectivity index (χ1n) is 10.4. The summed E-state index contributed by atoms with van der Waals surface area (Å²) in [6.07, 6.45) is 2.34. The third kappa shape index (κ3) is 2.65. The van der Waals surface area contributed by atoms with Crippen molar-refractivity contribution in [2.24, 2.45) is 5.92 Å². The van der Waals surface area contributed by atoms with Gasteiger partial charge in [0.05, 0.1) is 11.7 Å². The fourth-order valence-corrected chi connectivity index (χ4v) is 5.81. The summed E-state index contributed by atoms with van der Waals surface area (Å²) >= 11 is 0. The van der Waals surface area contributed by atoms with E-state index in [1.807, 2.05) is 36.7 Å². The van der Waals surface area contributed by atoms with Gasteiger partial charge in [-0.15, -0.1) is 0 Å². The maximum atomic E-state index is 13.6. The van der Waals surface area contributed by atoms with Crippen molar-refractivity contribution >= 4 is 5.91 Å². The van der Waals surface area contributed by atoms with Crippen LogP contribution in [0.25, 0.3) is 0 Å². The topological polar surface area (TPSA) is 61.6 Å². The molecule has 3 atom stereocenters. The minimum atomic E-state index is 0.105. The number of hydrogen-bond donors (Lipinski definition) is 1. The van der Waals surface area contributed by atoms with Gasteiger partial charge in [0, 0.05) is 25.0 Å². The summed E-state index contributed by atoms with van der Waals surface area (Å²) in [4.78, 5) is 18.3. The molecule has 2 aromatic rings. The average Bonchev–Trinajstić information content (AvgIpc) is 3.30. The van der Waals surface area contributed by atoms with E-state index in [2.05, 4.69) is 21.0 Å². The number of rotatable bonds is 3. The fraction of sp³-hybridized carbons (Fsp3) is 0.545. The van der Waals surface area contributed by atoms with Crippen molar-refractivity contribution in [2.45, 2.75) is 51.2 Å². The van der Waals surface area contributed by atoms with Crippen LogP contribution in [0.5, 0.6) is 5.75 Å². The first-order chi connectivity index (χ1) is 13.6. The highest BCUT2D eigenvalue weighted by Crippen LogP contribution is 2.47. The molecular weight excluding hydrogens is 352 g/mol. The molecule has 6 rings (SSSR count). The van der Waals surface area contributed by atoms with Crippen molar-refractivity contribution in [3.8, 4) is 5.75 Å². The van der Waals surface area contributed by atoms with E-state index in [0.29, 0.717) is 36.5 Å². The highest BCUT2D eigenvalue weighted by molar-refractivity contribution is 5.93. The Labute approximate surface area is 165 Å². The van der Waals surface area contributed by atoms with Crippen LogP contribution in [0, 0.1) is 12.8 Å². The molecule has 1 N–H and O–H groups in total. The normalized spacial score (nSPS) is 31.2. The predicted octanol–water partition coefficient (Wildman–Crippen LogP) is 2.62. The summed E-state index contributed by atoms with van der Waals surface area (Å²) in [5, 5.41) is 14.5. The molecule has 1 amide bonds. The van der Waals surface area contributed by atoms with Crippen molar-refractivity contribution in [3.05, 3.63) is 47.3 Å². The number of phenolic OH excluding ortho intramolecular Hbond substituents is 1. The Hall–Kier alpha value is -2.34. The molecule has 4 aliphatic heterocycles. The molecule has 0 aliphatic carbocycles. The summed E-state index contributed by atoms with van der Waals surface area (Å²) in [7, 11) is 0. The smallest absolute Gasteiger partial charge is 0.272 e. The predicted molar refractivity (Wildman–Crippen MR) is 106 cm³/mol. The number of aromatic hydroxyl groups is 1. The maximum Gasteiger partial charge on any atom is 0.272 e. The number of phenols is 1. The molecule has 1 aromatic carbocycles. The molecule has 6 nitrogen and oxygen atoms in total. The summed E-state index contributed by atoms with van der Waals surface area (Å²) in [5.74, 6) is 1.21. The first kappa shape index (κ1) is 17.7. The average molecular weight is 380 g/mol. The summed E-state index contributed by atoms with van der Waals surface area (Å²) in [6.45, 7) is 7.62. The Morgan fingerprint density at radius 2 is 2.00 bits per heavy atom. The van der Waals surface area contributed by atoms with E-state index in [4.69, 9.17) is 0 Å². The zero-order chi connectivity index (χ0) is 19.4.